The van der Waals surface area contributed by atoms with Crippen LogP contribution >= 0.6 is 0 Å². The van der Waals surface area contributed by atoms with Gasteiger partial charge in [-0.05, 0) is 38.0 Å². The Morgan fingerprint density at radius 1 is 1.16 bits per heavy atom. The second-order valence-electron chi connectivity index (χ2n) is 8.21. The summed E-state index contributed by atoms with van der Waals surface area (Å²) < 4.78 is 5.52. The first-order chi connectivity index (χ1) is 15.0. The summed E-state index contributed by atoms with van der Waals surface area (Å²) in [4.78, 5) is 38.7. The lowest BCUT2D eigenvalue weighted by Crippen LogP contribution is -2.54. The van der Waals surface area contributed by atoms with Gasteiger partial charge in [0.25, 0.3) is 5.91 Å². The van der Waals surface area contributed by atoms with E-state index >= 15 is 0 Å². The van der Waals surface area contributed by atoms with Crippen LogP contribution in [0.15, 0.2) is 29.5 Å². The molecule has 0 fully saturated rings. The number of primary amides is 1. The Bertz CT molecular complexity index is 1230. The molecule has 0 bridgehead atoms. The molecule has 168 valence electrons. The quantitative estimate of drug-likeness (QED) is 0.336. The van der Waals surface area contributed by atoms with Crippen molar-refractivity contribution in [3.05, 3.63) is 46.2 Å². The molecule has 1 heterocycles. The molecule has 0 saturated heterocycles. The number of amides is 1. The molecule has 1 aliphatic carbocycles. The van der Waals surface area contributed by atoms with Crippen molar-refractivity contribution in [2.75, 3.05) is 14.1 Å². The number of aliphatic hydroxyl groups excluding tert-OH is 2. The number of phenols is 2. The molecule has 2 aromatic rings. The van der Waals surface area contributed by atoms with Crippen LogP contribution in [0, 0.1) is 12.8 Å². The van der Waals surface area contributed by atoms with E-state index in [2.05, 4.69) is 0 Å². The zero-order chi connectivity index (χ0) is 23.6. The number of carbonyl (C=O) groups is 3. The van der Waals surface area contributed by atoms with E-state index in [1.54, 1.807) is 33.2 Å². The first-order valence-electron chi connectivity index (χ1n) is 9.78. The summed E-state index contributed by atoms with van der Waals surface area (Å²) >= 11 is 0. The van der Waals surface area contributed by atoms with Gasteiger partial charge in [0.15, 0.2) is 0 Å². The second kappa shape index (κ2) is 7.21. The lowest BCUT2D eigenvalue weighted by atomic mass is 9.74. The topological polar surface area (TPSA) is 171 Å². The Hall–Kier alpha value is -3.63. The highest BCUT2D eigenvalue weighted by atomic mass is 16.6. The van der Waals surface area contributed by atoms with E-state index in [0.717, 1.165) is 0 Å². The van der Waals surface area contributed by atoms with Crippen molar-refractivity contribution in [1.29, 1.82) is 0 Å². The minimum absolute atomic E-state index is 0.0736. The zero-order valence-corrected chi connectivity index (χ0v) is 17.5. The van der Waals surface area contributed by atoms with Gasteiger partial charge in [-0.25, -0.2) is 4.79 Å². The van der Waals surface area contributed by atoms with Gasteiger partial charge < -0.3 is 30.9 Å². The van der Waals surface area contributed by atoms with Crippen LogP contribution in [0.5, 0.6) is 11.5 Å². The number of aryl methyl sites for hydroxylation is 1. The normalized spacial score (nSPS) is 25.4. The summed E-state index contributed by atoms with van der Waals surface area (Å²) in [6.45, 7) is 1.65. The number of aromatic hydroxyl groups is 2. The maximum atomic E-state index is 12.8. The number of hydrogen-bond donors (Lipinski definition) is 5. The van der Waals surface area contributed by atoms with Gasteiger partial charge in [0.1, 0.15) is 40.6 Å². The fourth-order valence-corrected chi connectivity index (χ4v) is 4.87. The SMILES string of the molecule is Cc1c2c(c(O)c3c(O)cccc13)C(=O)O[C@H]2[C@H]1[C@@H](O)C(=O)C(C(N)=O)=C(O)[C@@H]1N(C)C. The molecule has 4 atom stereocenters. The molecule has 1 amide bonds. The molecule has 4 rings (SSSR count). The molecular weight excluding hydrogens is 420 g/mol. The van der Waals surface area contributed by atoms with Gasteiger partial charge in [0.2, 0.25) is 5.78 Å². The van der Waals surface area contributed by atoms with Crippen LogP contribution in [-0.4, -0.2) is 69.2 Å². The zero-order valence-electron chi connectivity index (χ0n) is 17.5. The minimum atomic E-state index is -1.83. The number of likely N-dealkylation sites (N-methyl/N-ethyl adjacent to an activating group) is 1. The van der Waals surface area contributed by atoms with Crippen LogP contribution in [0.25, 0.3) is 10.8 Å². The third kappa shape index (κ3) is 2.76. The lowest BCUT2D eigenvalue weighted by Gasteiger charge is -2.40. The van der Waals surface area contributed by atoms with Crippen molar-refractivity contribution in [1.82, 2.24) is 4.90 Å². The number of ether oxygens (including phenoxy) is 1. The van der Waals surface area contributed by atoms with Crippen molar-refractivity contribution in [3.8, 4) is 11.5 Å². The molecule has 0 radical (unpaired) electrons. The second-order valence-corrected chi connectivity index (χ2v) is 8.21. The average Bonchev–Trinajstić information content (AvgIpc) is 3.05. The largest absolute Gasteiger partial charge is 0.510 e. The highest BCUT2D eigenvalue weighted by Gasteiger charge is 2.54. The number of cyclic esters (lactones) is 1. The van der Waals surface area contributed by atoms with Crippen LogP contribution in [0.4, 0.5) is 0 Å². The number of rotatable bonds is 3. The van der Waals surface area contributed by atoms with E-state index < -0.39 is 58.9 Å². The number of ketones is 1. The lowest BCUT2D eigenvalue weighted by molar-refractivity contribution is -0.136. The number of esters is 1. The average molecular weight is 442 g/mol. The van der Waals surface area contributed by atoms with Gasteiger partial charge in [-0.15, -0.1) is 0 Å². The van der Waals surface area contributed by atoms with Gasteiger partial charge in [-0.2, -0.15) is 0 Å². The molecule has 2 aliphatic rings. The highest BCUT2D eigenvalue weighted by Crippen LogP contribution is 2.51. The first-order valence-corrected chi connectivity index (χ1v) is 9.78. The Morgan fingerprint density at radius 3 is 2.41 bits per heavy atom. The van der Waals surface area contributed by atoms with Gasteiger partial charge in [-0.3, -0.25) is 14.5 Å². The summed E-state index contributed by atoms with van der Waals surface area (Å²) in [6, 6.07) is 3.47. The number of benzene rings is 2. The van der Waals surface area contributed by atoms with Crippen molar-refractivity contribution in [3.63, 3.8) is 0 Å². The molecule has 2 aromatic carbocycles. The fourth-order valence-electron chi connectivity index (χ4n) is 4.87. The maximum absolute atomic E-state index is 12.8. The first kappa shape index (κ1) is 21.6. The minimum Gasteiger partial charge on any atom is -0.510 e. The molecule has 0 unspecified atom stereocenters. The van der Waals surface area contributed by atoms with Crippen LogP contribution < -0.4 is 5.73 Å². The van der Waals surface area contributed by atoms with Crippen LogP contribution in [0.2, 0.25) is 0 Å². The number of carbonyl (C=O) groups excluding carboxylic acids is 3. The predicted molar refractivity (Wildman–Crippen MR) is 111 cm³/mol. The molecule has 0 spiro atoms. The van der Waals surface area contributed by atoms with Crippen molar-refractivity contribution >= 4 is 28.4 Å². The summed E-state index contributed by atoms with van der Waals surface area (Å²) in [5.41, 5.74) is 5.05. The number of fused-ring (bicyclic) bond motifs is 2. The molecule has 1 aliphatic heterocycles. The smallest absolute Gasteiger partial charge is 0.343 e. The number of aliphatic hydroxyl groups is 2. The molecule has 10 heteroatoms. The Labute approximate surface area is 182 Å². The molecule has 0 aromatic heterocycles. The molecule has 32 heavy (non-hydrogen) atoms. The monoisotopic (exact) mass is 442 g/mol. The Morgan fingerprint density at radius 2 is 1.81 bits per heavy atom. The molecular formula is C22H22N2O8. The van der Waals surface area contributed by atoms with Gasteiger partial charge in [0, 0.05) is 5.56 Å². The predicted octanol–water partition coefficient (Wildman–Crippen LogP) is 0.558. The highest BCUT2D eigenvalue weighted by molar-refractivity contribution is 6.21. The maximum Gasteiger partial charge on any atom is 0.343 e. The number of hydrogen-bond acceptors (Lipinski definition) is 9. The molecule has 10 nitrogen and oxygen atoms in total. The third-order valence-corrected chi connectivity index (χ3v) is 6.25. The summed E-state index contributed by atoms with van der Waals surface area (Å²) in [5, 5.41) is 43.1. The van der Waals surface area contributed by atoms with Gasteiger partial charge >= 0.3 is 5.97 Å². The number of nitrogens with two attached hydrogens (primary N) is 1. The van der Waals surface area contributed by atoms with Crippen LogP contribution in [-0.2, 0) is 14.3 Å². The van der Waals surface area contributed by atoms with Crippen LogP contribution in [0.1, 0.15) is 27.6 Å². The van der Waals surface area contributed by atoms with Crippen LogP contribution in [0.3, 0.4) is 0 Å². The van der Waals surface area contributed by atoms with E-state index in [-0.39, 0.29) is 22.3 Å². The Balaban J connectivity index is 1.99. The van der Waals surface area contributed by atoms with Gasteiger partial charge in [0.05, 0.1) is 17.3 Å². The van der Waals surface area contributed by atoms with E-state index in [9.17, 15) is 34.8 Å². The van der Waals surface area contributed by atoms with E-state index in [4.69, 9.17) is 10.5 Å². The Kier molecular flexibility index (Phi) is 4.87. The number of phenolic OH excluding ortho intramolecular Hbond substituents is 2. The molecule has 6 N–H and O–H groups in total. The van der Waals surface area contributed by atoms with Crippen molar-refractivity contribution in [2.45, 2.75) is 25.2 Å². The summed E-state index contributed by atoms with van der Waals surface area (Å²) in [7, 11) is 3.10. The fraction of sp³-hybridized carbons (Fsp3) is 0.318. The van der Waals surface area contributed by atoms with E-state index in [1.807, 2.05) is 0 Å². The van der Waals surface area contributed by atoms with E-state index in [0.29, 0.717) is 10.9 Å². The number of Topliss-reactive ketones (excluding diaryl/α,β-unsaturated/α-hetero) is 1. The third-order valence-electron chi connectivity index (χ3n) is 6.25. The van der Waals surface area contributed by atoms with E-state index in [1.165, 1.54) is 11.0 Å². The standard InChI is InChI=1S/C22H22N2O8/c1-7-8-5-4-6-9(25)11(8)16(26)12-10(7)20(32-22(12)31)13-15(24(2)3)17(27)14(21(23)30)19(29)18(13)28/h4-6,13,15,18,20,25-28H,1-3H3,(H2,23,30)/t13-,15-,18-,20-/m1/s1. The van der Waals surface area contributed by atoms with Gasteiger partial charge in [-0.1, -0.05) is 12.1 Å². The summed E-state index contributed by atoms with van der Waals surface area (Å²) in [5.74, 6) is -5.73. The summed E-state index contributed by atoms with van der Waals surface area (Å²) in [6.07, 6.45) is -3.07. The van der Waals surface area contributed by atoms with Crippen molar-refractivity contribution < 1.29 is 39.5 Å². The van der Waals surface area contributed by atoms with Crippen molar-refractivity contribution in [2.24, 2.45) is 11.7 Å². The molecule has 0 saturated carbocycles. The number of nitrogens with zero attached hydrogens (tertiary/aromatic N) is 1.